The Morgan fingerprint density at radius 3 is 3.00 bits per heavy atom. The summed E-state index contributed by atoms with van der Waals surface area (Å²) in [4.78, 5) is 11.0. The summed E-state index contributed by atoms with van der Waals surface area (Å²) in [5.74, 6) is 1.00. The quantitative estimate of drug-likeness (QED) is 0.590. The molecule has 1 saturated heterocycles. The van der Waals surface area contributed by atoms with E-state index in [4.69, 9.17) is 16.3 Å². The van der Waals surface area contributed by atoms with Crippen molar-refractivity contribution in [2.75, 3.05) is 50.6 Å². The molecule has 9 nitrogen and oxygen atoms in total. The third-order valence-electron chi connectivity index (χ3n) is 6.04. The Balaban J connectivity index is 1.54. The second kappa shape index (κ2) is 9.83. The average Bonchev–Trinajstić information content (AvgIpc) is 3.03. The summed E-state index contributed by atoms with van der Waals surface area (Å²) in [7, 11) is 1.79. The van der Waals surface area contributed by atoms with Gasteiger partial charge < -0.3 is 25.1 Å². The SMILES string of the molecule is C[OH+]CCN1CCC(N2NC3OCCC(C)Nc4nc(ncc4Cl)NC3=C2C)C(F)C1. The van der Waals surface area contributed by atoms with Gasteiger partial charge in [0, 0.05) is 19.1 Å². The Labute approximate surface area is 187 Å². The van der Waals surface area contributed by atoms with Crippen molar-refractivity contribution in [1.82, 2.24) is 25.3 Å². The summed E-state index contributed by atoms with van der Waals surface area (Å²) in [5, 5.41) is 8.96. The number of alkyl halides is 1. The second-order valence-electron chi connectivity index (χ2n) is 8.31. The van der Waals surface area contributed by atoms with Crippen LogP contribution in [0.3, 0.4) is 0 Å². The number of allylic oxidation sites excluding steroid dienone is 1. The monoisotopic (exact) mass is 456 g/mol. The first-order valence-corrected chi connectivity index (χ1v) is 11.2. The molecule has 4 unspecified atom stereocenters. The lowest BCUT2D eigenvalue weighted by atomic mass is 10.0. The van der Waals surface area contributed by atoms with Gasteiger partial charge in [-0.05, 0) is 26.7 Å². The standard InChI is InChI=1S/C20H31ClFN7O2/c1-12-5-8-31-19-17(25-20-23-10-14(21)18(24-12)26-20)13(2)29(27-19)16-4-6-28(7-9-30-3)11-15(16)22/h10,12,15-16,19,27H,4-9,11H2,1-3H3,(H2,23,24,25,26)/p+1. The number of hydrogen-bond donors (Lipinski definition) is 3. The van der Waals surface area contributed by atoms with E-state index in [9.17, 15) is 0 Å². The Hall–Kier alpha value is -1.72. The third-order valence-corrected chi connectivity index (χ3v) is 6.32. The maximum atomic E-state index is 15.2. The number of rotatable bonds is 4. The van der Waals surface area contributed by atoms with Gasteiger partial charge in [0.05, 0.1) is 36.8 Å². The van der Waals surface area contributed by atoms with Crippen LogP contribution in [0.4, 0.5) is 16.2 Å². The molecule has 3 aliphatic rings. The minimum Gasteiger partial charge on any atom is -0.435 e. The van der Waals surface area contributed by atoms with Crippen molar-refractivity contribution < 1.29 is 13.9 Å². The fourth-order valence-corrected chi connectivity index (χ4v) is 4.38. The molecule has 4 rings (SSSR count). The number of ether oxygens (including phenoxy) is 2. The second-order valence-corrected chi connectivity index (χ2v) is 8.72. The topological polar surface area (TPSA) is 90.4 Å². The predicted molar refractivity (Wildman–Crippen MR) is 119 cm³/mol. The fourth-order valence-electron chi connectivity index (χ4n) is 4.24. The van der Waals surface area contributed by atoms with Crippen LogP contribution in [0, 0.1) is 0 Å². The van der Waals surface area contributed by atoms with Gasteiger partial charge in [0.1, 0.15) is 18.3 Å². The zero-order chi connectivity index (χ0) is 22.0. The Kier molecular flexibility index (Phi) is 7.12. The van der Waals surface area contributed by atoms with E-state index in [1.807, 2.05) is 11.9 Å². The van der Waals surface area contributed by atoms with Crippen molar-refractivity contribution >= 4 is 23.4 Å². The third kappa shape index (κ3) is 5.04. The van der Waals surface area contributed by atoms with Crippen molar-refractivity contribution in [2.45, 2.75) is 51.2 Å². The van der Waals surface area contributed by atoms with Crippen LogP contribution in [0.25, 0.3) is 0 Å². The Bertz CT molecular complexity index is 814. The number of nitrogens with zero attached hydrogens (tertiary/aromatic N) is 4. The molecule has 4 atom stereocenters. The molecular formula is C20H32ClFN7O2+. The summed E-state index contributed by atoms with van der Waals surface area (Å²) in [6.07, 6.45) is 1.67. The van der Waals surface area contributed by atoms with Crippen LogP contribution in [0.15, 0.2) is 17.6 Å². The van der Waals surface area contributed by atoms with E-state index in [0.717, 1.165) is 43.9 Å². The highest BCUT2D eigenvalue weighted by molar-refractivity contribution is 6.32. The van der Waals surface area contributed by atoms with Crippen molar-refractivity contribution in [3.8, 4) is 0 Å². The summed E-state index contributed by atoms with van der Waals surface area (Å²) >= 11 is 6.25. The van der Waals surface area contributed by atoms with Crippen LogP contribution in [-0.2, 0) is 4.74 Å². The van der Waals surface area contributed by atoms with E-state index in [1.54, 1.807) is 13.3 Å². The number of anilines is 2. The van der Waals surface area contributed by atoms with Crippen molar-refractivity contribution in [1.29, 1.82) is 0 Å². The summed E-state index contributed by atoms with van der Waals surface area (Å²) in [5.41, 5.74) is 5.04. The van der Waals surface area contributed by atoms with Crippen LogP contribution in [0.5, 0.6) is 0 Å². The number of hydrazine groups is 1. The number of aromatic nitrogens is 2. The first kappa shape index (κ1) is 22.5. The number of hydrogen-bond acceptors (Lipinski definition) is 8. The van der Waals surface area contributed by atoms with Crippen molar-refractivity contribution in [2.24, 2.45) is 0 Å². The lowest BCUT2D eigenvalue weighted by molar-refractivity contribution is -0.0353. The van der Waals surface area contributed by atoms with Gasteiger partial charge in [0.2, 0.25) is 5.95 Å². The van der Waals surface area contributed by atoms with E-state index in [0.29, 0.717) is 29.9 Å². The van der Waals surface area contributed by atoms with Crippen LogP contribution in [0.2, 0.25) is 5.02 Å². The molecule has 172 valence electrons. The van der Waals surface area contributed by atoms with Gasteiger partial charge in [-0.1, -0.05) is 11.6 Å². The molecule has 0 spiro atoms. The number of halogens is 2. The minimum absolute atomic E-state index is 0.124. The highest BCUT2D eigenvalue weighted by atomic mass is 35.5. The highest BCUT2D eigenvalue weighted by Gasteiger charge is 2.40. The van der Waals surface area contributed by atoms with Gasteiger partial charge in [-0.3, -0.25) is 4.90 Å². The molecule has 0 aliphatic carbocycles. The summed E-state index contributed by atoms with van der Waals surface area (Å²) in [6, 6.07) is -0.144. The fraction of sp³-hybridized carbons (Fsp3) is 0.700. The molecule has 4 N–H and O–H groups in total. The molecule has 4 heterocycles. The molecular weight excluding hydrogens is 425 g/mol. The van der Waals surface area contributed by atoms with Crippen molar-refractivity contribution in [3.63, 3.8) is 0 Å². The lowest BCUT2D eigenvalue weighted by Gasteiger charge is -2.40. The Morgan fingerprint density at radius 2 is 2.23 bits per heavy atom. The van der Waals surface area contributed by atoms with Crippen LogP contribution in [0.1, 0.15) is 26.7 Å². The highest BCUT2D eigenvalue weighted by Crippen LogP contribution is 2.30. The maximum Gasteiger partial charge on any atom is 0.229 e. The lowest BCUT2D eigenvalue weighted by Crippen LogP contribution is -2.56. The summed E-state index contributed by atoms with van der Waals surface area (Å²) < 4.78 is 25.4. The first-order valence-electron chi connectivity index (χ1n) is 10.8. The van der Waals surface area contributed by atoms with Gasteiger partial charge in [-0.15, -0.1) is 0 Å². The Morgan fingerprint density at radius 1 is 1.39 bits per heavy atom. The summed E-state index contributed by atoms with van der Waals surface area (Å²) in [6.45, 7) is 7.32. The molecule has 1 aromatic rings. The normalized spacial score (nSPS) is 29.8. The number of aliphatic hydroxyl groups is 2. The van der Waals surface area contributed by atoms with E-state index >= 15 is 4.39 Å². The molecule has 0 amide bonds. The molecule has 0 aromatic carbocycles. The predicted octanol–water partition coefficient (Wildman–Crippen LogP) is 1.71. The number of piperidine rings is 1. The van der Waals surface area contributed by atoms with Crippen LogP contribution < -0.4 is 16.1 Å². The smallest absolute Gasteiger partial charge is 0.229 e. The zero-order valence-electron chi connectivity index (χ0n) is 18.2. The van der Waals surface area contributed by atoms with Crippen molar-refractivity contribution in [3.05, 3.63) is 22.6 Å². The molecule has 2 bridgehead atoms. The van der Waals surface area contributed by atoms with E-state index < -0.39 is 12.4 Å². The van der Waals surface area contributed by atoms with E-state index in [1.165, 1.54) is 0 Å². The van der Waals surface area contributed by atoms with E-state index in [-0.39, 0.29) is 12.1 Å². The van der Waals surface area contributed by atoms with Gasteiger partial charge in [-0.25, -0.2) is 14.8 Å². The van der Waals surface area contributed by atoms with Gasteiger partial charge in [0.15, 0.2) is 18.7 Å². The molecule has 0 saturated carbocycles. The molecule has 1 fully saturated rings. The zero-order valence-corrected chi connectivity index (χ0v) is 19.0. The van der Waals surface area contributed by atoms with Gasteiger partial charge in [-0.2, -0.15) is 4.98 Å². The average molecular weight is 457 g/mol. The number of fused-ring (bicyclic) bond motifs is 3. The molecule has 1 aromatic heterocycles. The number of likely N-dealkylation sites (tertiary alicyclic amines) is 1. The van der Waals surface area contributed by atoms with Crippen LogP contribution in [-0.4, -0.2) is 89.1 Å². The van der Waals surface area contributed by atoms with Crippen LogP contribution >= 0.6 is 11.6 Å². The maximum absolute atomic E-state index is 15.2. The molecule has 0 radical (unpaired) electrons. The first-order chi connectivity index (χ1) is 15.0. The number of nitrogens with one attached hydrogen (secondary N) is 3. The largest absolute Gasteiger partial charge is 0.435 e. The molecule has 3 aliphatic heterocycles. The molecule has 11 heteroatoms. The molecule has 31 heavy (non-hydrogen) atoms. The van der Waals surface area contributed by atoms with E-state index in [2.05, 4.69) is 42.6 Å². The van der Waals surface area contributed by atoms with Gasteiger partial charge >= 0.3 is 0 Å². The van der Waals surface area contributed by atoms with Gasteiger partial charge in [0.25, 0.3) is 0 Å². The minimum atomic E-state index is -0.977.